The van der Waals surface area contributed by atoms with E-state index in [4.69, 9.17) is 0 Å². The Morgan fingerprint density at radius 1 is 0.848 bits per heavy atom. The highest BCUT2D eigenvalue weighted by Crippen LogP contribution is 2.25. The van der Waals surface area contributed by atoms with Crippen LogP contribution < -0.4 is 5.32 Å². The Labute approximate surface area is 195 Å². The normalized spacial score (nSPS) is 15.5. The van der Waals surface area contributed by atoms with Crippen molar-refractivity contribution in [2.24, 2.45) is 0 Å². The third-order valence-electron chi connectivity index (χ3n) is 6.64. The monoisotopic (exact) mass is 437 g/mol. The van der Waals surface area contributed by atoms with E-state index in [1.165, 1.54) is 43.5 Å². The molecule has 4 aromatic rings. The Kier molecular flexibility index (Phi) is 6.66. The standard InChI is InChI=1S/C29H31N3O/c33-29(26-20-30-27-12-6-5-11-25(26)27)28(24-9-3-1-4-10-24)31-19-22-13-15-23(16-14-22)21-32-17-7-2-8-18-32/h1,3-6,9-16,20,28,30-31H,2,7-8,17-19,21H2. The Balaban J connectivity index is 1.31. The van der Waals surface area contributed by atoms with Gasteiger partial charge in [-0.15, -0.1) is 0 Å². The molecule has 1 saturated heterocycles. The number of hydrogen-bond donors (Lipinski definition) is 2. The number of likely N-dealkylation sites (tertiary alicyclic amines) is 1. The number of piperidine rings is 1. The van der Waals surface area contributed by atoms with Gasteiger partial charge in [0.1, 0.15) is 0 Å². The number of para-hydroxylation sites is 1. The molecule has 0 aliphatic carbocycles. The van der Waals surface area contributed by atoms with Crippen molar-refractivity contribution in [2.75, 3.05) is 13.1 Å². The molecule has 0 spiro atoms. The summed E-state index contributed by atoms with van der Waals surface area (Å²) in [6.45, 7) is 4.08. The second-order valence-corrected chi connectivity index (χ2v) is 8.99. The van der Waals surface area contributed by atoms with Crippen LogP contribution in [0.5, 0.6) is 0 Å². The number of rotatable bonds is 8. The van der Waals surface area contributed by atoms with Gasteiger partial charge in [0.2, 0.25) is 0 Å². The van der Waals surface area contributed by atoms with Crippen LogP contribution in [0.3, 0.4) is 0 Å². The lowest BCUT2D eigenvalue weighted by Gasteiger charge is -2.26. The molecular weight excluding hydrogens is 406 g/mol. The van der Waals surface area contributed by atoms with Crippen molar-refractivity contribution in [3.63, 3.8) is 0 Å². The summed E-state index contributed by atoms with van der Waals surface area (Å²) in [5.41, 5.74) is 5.23. The fourth-order valence-electron chi connectivity index (χ4n) is 4.80. The number of Topliss-reactive ketones (excluding diaryl/α,β-unsaturated/α-hetero) is 1. The van der Waals surface area contributed by atoms with E-state index in [0.717, 1.165) is 28.6 Å². The highest BCUT2D eigenvalue weighted by atomic mass is 16.1. The van der Waals surface area contributed by atoms with Crippen molar-refractivity contribution in [1.29, 1.82) is 0 Å². The van der Waals surface area contributed by atoms with Crippen LogP contribution in [-0.2, 0) is 13.1 Å². The molecule has 0 saturated carbocycles. The van der Waals surface area contributed by atoms with Crippen molar-refractivity contribution in [3.8, 4) is 0 Å². The maximum atomic E-state index is 13.6. The molecule has 2 heterocycles. The lowest BCUT2D eigenvalue weighted by molar-refractivity contribution is 0.0943. The number of nitrogens with one attached hydrogen (secondary N) is 2. The molecule has 5 rings (SSSR count). The molecule has 2 N–H and O–H groups in total. The van der Waals surface area contributed by atoms with Crippen molar-refractivity contribution >= 4 is 16.7 Å². The Hall–Kier alpha value is -3.21. The molecule has 33 heavy (non-hydrogen) atoms. The molecule has 3 aromatic carbocycles. The number of nitrogens with zero attached hydrogens (tertiary/aromatic N) is 1. The van der Waals surface area contributed by atoms with Gasteiger partial charge in [-0.3, -0.25) is 15.0 Å². The summed E-state index contributed by atoms with van der Waals surface area (Å²) < 4.78 is 0. The zero-order valence-corrected chi connectivity index (χ0v) is 19.0. The van der Waals surface area contributed by atoms with Gasteiger partial charge in [0.25, 0.3) is 0 Å². The first-order chi connectivity index (χ1) is 16.3. The molecule has 1 aromatic heterocycles. The summed E-state index contributed by atoms with van der Waals surface area (Å²) in [6.07, 6.45) is 5.82. The van der Waals surface area contributed by atoms with E-state index in [1.54, 1.807) is 0 Å². The number of benzene rings is 3. The number of hydrogen-bond acceptors (Lipinski definition) is 3. The van der Waals surface area contributed by atoms with Crippen LogP contribution in [0.1, 0.15) is 52.4 Å². The third-order valence-corrected chi connectivity index (χ3v) is 6.64. The van der Waals surface area contributed by atoms with Crippen LogP contribution in [0.25, 0.3) is 10.9 Å². The Morgan fingerprint density at radius 3 is 2.33 bits per heavy atom. The van der Waals surface area contributed by atoms with Crippen LogP contribution in [0, 0.1) is 0 Å². The predicted molar refractivity (Wildman–Crippen MR) is 134 cm³/mol. The smallest absolute Gasteiger partial charge is 0.186 e. The van der Waals surface area contributed by atoms with Crippen LogP contribution in [0.2, 0.25) is 0 Å². The van der Waals surface area contributed by atoms with Crippen molar-refractivity contribution in [1.82, 2.24) is 15.2 Å². The van der Waals surface area contributed by atoms with Crippen LogP contribution in [0.15, 0.2) is 85.1 Å². The molecule has 0 amide bonds. The van der Waals surface area contributed by atoms with E-state index >= 15 is 0 Å². The first kappa shape index (κ1) is 21.6. The molecule has 0 radical (unpaired) electrons. The van der Waals surface area contributed by atoms with E-state index in [2.05, 4.69) is 39.5 Å². The zero-order valence-electron chi connectivity index (χ0n) is 19.0. The minimum absolute atomic E-state index is 0.0837. The van der Waals surface area contributed by atoms with Gasteiger partial charge in [-0.05, 0) is 48.7 Å². The van der Waals surface area contributed by atoms with Gasteiger partial charge in [-0.25, -0.2) is 0 Å². The highest BCUT2D eigenvalue weighted by Gasteiger charge is 2.24. The van der Waals surface area contributed by atoms with Gasteiger partial charge in [0.15, 0.2) is 5.78 Å². The molecule has 1 fully saturated rings. The van der Waals surface area contributed by atoms with Crippen LogP contribution in [-0.4, -0.2) is 28.8 Å². The number of ketones is 1. The maximum absolute atomic E-state index is 13.6. The Morgan fingerprint density at radius 2 is 1.55 bits per heavy atom. The molecular formula is C29H31N3O. The first-order valence-electron chi connectivity index (χ1n) is 12.0. The summed E-state index contributed by atoms with van der Waals surface area (Å²) in [7, 11) is 0. The molecule has 168 valence electrons. The number of aromatic amines is 1. The van der Waals surface area contributed by atoms with Crippen LogP contribution >= 0.6 is 0 Å². The number of fused-ring (bicyclic) bond motifs is 1. The lowest BCUT2D eigenvalue weighted by Crippen LogP contribution is -2.29. The quantitative estimate of drug-likeness (QED) is 0.339. The fraction of sp³-hybridized carbons (Fsp3) is 0.276. The largest absolute Gasteiger partial charge is 0.360 e. The van der Waals surface area contributed by atoms with Gasteiger partial charge >= 0.3 is 0 Å². The molecule has 1 aliphatic heterocycles. The molecule has 1 unspecified atom stereocenters. The van der Waals surface area contributed by atoms with E-state index in [-0.39, 0.29) is 5.78 Å². The van der Waals surface area contributed by atoms with Gasteiger partial charge in [0.05, 0.1) is 6.04 Å². The summed E-state index contributed by atoms with van der Waals surface area (Å²) in [5, 5.41) is 4.50. The minimum Gasteiger partial charge on any atom is -0.360 e. The summed E-state index contributed by atoms with van der Waals surface area (Å²) >= 11 is 0. The molecule has 4 heteroatoms. The number of carbonyl (C=O) groups excluding carboxylic acids is 1. The summed E-state index contributed by atoms with van der Waals surface area (Å²) in [5.74, 6) is 0.0837. The molecule has 1 aliphatic rings. The van der Waals surface area contributed by atoms with Crippen molar-refractivity contribution < 1.29 is 4.79 Å². The zero-order chi connectivity index (χ0) is 22.5. The van der Waals surface area contributed by atoms with Crippen LogP contribution in [0.4, 0.5) is 0 Å². The third kappa shape index (κ3) is 5.08. The second-order valence-electron chi connectivity index (χ2n) is 8.99. The average molecular weight is 438 g/mol. The average Bonchev–Trinajstić information content (AvgIpc) is 3.31. The predicted octanol–water partition coefficient (Wildman–Crippen LogP) is 5.87. The van der Waals surface area contributed by atoms with Gasteiger partial charge in [-0.2, -0.15) is 0 Å². The van der Waals surface area contributed by atoms with Gasteiger partial charge in [-0.1, -0.05) is 79.2 Å². The molecule has 0 bridgehead atoms. The SMILES string of the molecule is O=C(c1c[nH]c2ccccc12)C(NCc1ccc(CN2CCCCC2)cc1)c1ccccc1. The maximum Gasteiger partial charge on any atom is 0.186 e. The minimum atomic E-state index is -0.404. The van der Waals surface area contributed by atoms with Gasteiger partial charge < -0.3 is 4.98 Å². The van der Waals surface area contributed by atoms with E-state index in [0.29, 0.717) is 6.54 Å². The highest BCUT2D eigenvalue weighted by molar-refractivity contribution is 6.10. The number of aromatic nitrogens is 1. The lowest BCUT2D eigenvalue weighted by atomic mass is 9.96. The fourth-order valence-corrected chi connectivity index (χ4v) is 4.80. The molecule has 1 atom stereocenters. The first-order valence-corrected chi connectivity index (χ1v) is 12.0. The van der Waals surface area contributed by atoms with Crippen molar-refractivity contribution in [2.45, 2.75) is 38.4 Å². The van der Waals surface area contributed by atoms with E-state index in [9.17, 15) is 4.79 Å². The topological polar surface area (TPSA) is 48.1 Å². The van der Waals surface area contributed by atoms with E-state index < -0.39 is 6.04 Å². The summed E-state index contributed by atoms with van der Waals surface area (Å²) in [6, 6.07) is 26.4. The van der Waals surface area contributed by atoms with Gasteiger partial charge in [0, 0.05) is 35.8 Å². The van der Waals surface area contributed by atoms with E-state index in [1.807, 2.05) is 60.8 Å². The number of carbonyl (C=O) groups is 1. The number of H-pyrrole nitrogens is 1. The Bertz CT molecular complexity index is 1190. The summed E-state index contributed by atoms with van der Waals surface area (Å²) in [4.78, 5) is 19.4. The second kappa shape index (κ2) is 10.2. The molecule has 4 nitrogen and oxygen atoms in total. The van der Waals surface area contributed by atoms with Crippen molar-refractivity contribution in [3.05, 3.63) is 107 Å².